The van der Waals surface area contributed by atoms with Gasteiger partial charge in [-0.25, -0.2) is 0 Å². The summed E-state index contributed by atoms with van der Waals surface area (Å²) in [4.78, 5) is 0. The highest BCUT2D eigenvalue weighted by Crippen LogP contribution is 2.25. The topological polar surface area (TPSA) is 31.6 Å². The number of rotatable bonds is 6. The molecule has 0 aliphatic heterocycles. The standard InChI is InChI=1S/C19H20O3/c1-3-20-13-18-11-16-10-17(8-9-19(16)22-18)21-12-15-7-5-4-6-14(15)2/h4-11H,3,12-13H2,1-2H3. The summed E-state index contributed by atoms with van der Waals surface area (Å²) in [5, 5.41) is 1.04. The molecule has 0 bridgehead atoms. The second-order valence-electron chi connectivity index (χ2n) is 5.26. The van der Waals surface area contributed by atoms with Gasteiger partial charge in [-0.1, -0.05) is 24.3 Å². The van der Waals surface area contributed by atoms with Gasteiger partial charge in [-0.05, 0) is 49.2 Å². The van der Waals surface area contributed by atoms with Crippen LogP contribution in [0.1, 0.15) is 23.8 Å². The summed E-state index contributed by atoms with van der Waals surface area (Å²) in [6.45, 7) is 5.83. The summed E-state index contributed by atoms with van der Waals surface area (Å²) in [5.74, 6) is 1.69. The Hall–Kier alpha value is -2.26. The zero-order valence-electron chi connectivity index (χ0n) is 13.0. The van der Waals surface area contributed by atoms with Crippen molar-refractivity contribution in [3.63, 3.8) is 0 Å². The van der Waals surface area contributed by atoms with Crippen molar-refractivity contribution in [2.45, 2.75) is 27.1 Å². The van der Waals surface area contributed by atoms with E-state index >= 15 is 0 Å². The Balaban J connectivity index is 1.73. The predicted molar refractivity (Wildman–Crippen MR) is 87.1 cm³/mol. The minimum absolute atomic E-state index is 0.505. The number of fused-ring (bicyclic) bond motifs is 1. The van der Waals surface area contributed by atoms with Crippen LogP contribution in [0.3, 0.4) is 0 Å². The summed E-state index contributed by atoms with van der Waals surface area (Å²) in [6, 6.07) is 16.1. The Kier molecular flexibility index (Phi) is 4.45. The number of furan rings is 1. The molecule has 0 saturated heterocycles. The van der Waals surface area contributed by atoms with Gasteiger partial charge < -0.3 is 13.9 Å². The average Bonchev–Trinajstić information content (AvgIpc) is 2.94. The van der Waals surface area contributed by atoms with Crippen LogP contribution in [-0.4, -0.2) is 6.61 Å². The minimum Gasteiger partial charge on any atom is -0.489 e. The Labute approximate surface area is 130 Å². The maximum Gasteiger partial charge on any atom is 0.134 e. The highest BCUT2D eigenvalue weighted by Gasteiger charge is 2.06. The molecule has 0 aliphatic rings. The third-order valence-corrected chi connectivity index (χ3v) is 3.64. The van der Waals surface area contributed by atoms with Crippen molar-refractivity contribution in [2.24, 2.45) is 0 Å². The average molecular weight is 296 g/mol. The molecule has 1 heterocycles. The van der Waals surface area contributed by atoms with Gasteiger partial charge in [0.1, 0.15) is 30.3 Å². The first-order chi connectivity index (χ1) is 10.8. The zero-order valence-corrected chi connectivity index (χ0v) is 13.0. The SMILES string of the molecule is CCOCc1cc2cc(OCc3ccccc3C)ccc2o1. The first-order valence-electron chi connectivity index (χ1n) is 7.54. The quantitative estimate of drug-likeness (QED) is 0.651. The largest absolute Gasteiger partial charge is 0.489 e. The molecule has 3 aromatic rings. The lowest BCUT2D eigenvalue weighted by Gasteiger charge is -2.08. The van der Waals surface area contributed by atoms with Gasteiger partial charge in [0.15, 0.2) is 0 Å². The van der Waals surface area contributed by atoms with Crippen LogP contribution in [0.25, 0.3) is 11.0 Å². The molecule has 0 radical (unpaired) electrons. The molecule has 0 spiro atoms. The maximum absolute atomic E-state index is 5.90. The normalized spacial score (nSPS) is 11.0. The highest BCUT2D eigenvalue weighted by molar-refractivity contribution is 5.79. The van der Waals surface area contributed by atoms with E-state index in [9.17, 15) is 0 Å². The number of hydrogen-bond donors (Lipinski definition) is 0. The Morgan fingerprint density at radius 2 is 1.86 bits per heavy atom. The van der Waals surface area contributed by atoms with E-state index in [1.54, 1.807) is 0 Å². The van der Waals surface area contributed by atoms with Crippen LogP contribution >= 0.6 is 0 Å². The van der Waals surface area contributed by atoms with E-state index in [1.807, 2.05) is 43.3 Å². The van der Waals surface area contributed by atoms with E-state index in [1.165, 1.54) is 11.1 Å². The van der Waals surface area contributed by atoms with E-state index in [2.05, 4.69) is 19.1 Å². The number of benzene rings is 2. The number of aryl methyl sites for hydroxylation is 1. The van der Waals surface area contributed by atoms with Crippen LogP contribution in [-0.2, 0) is 18.0 Å². The summed E-state index contributed by atoms with van der Waals surface area (Å²) < 4.78 is 17.0. The van der Waals surface area contributed by atoms with Gasteiger partial charge in [-0.15, -0.1) is 0 Å². The Morgan fingerprint density at radius 1 is 1.00 bits per heavy atom. The molecule has 2 aromatic carbocycles. The highest BCUT2D eigenvalue weighted by atomic mass is 16.5. The maximum atomic E-state index is 5.90. The second-order valence-corrected chi connectivity index (χ2v) is 5.26. The summed E-state index contributed by atoms with van der Waals surface area (Å²) in [6.07, 6.45) is 0. The molecule has 0 atom stereocenters. The Bertz CT molecular complexity index is 758. The van der Waals surface area contributed by atoms with Gasteiger partial charge in [-0.3, -0.25) is 0 Å². The first-order valence-corrected chi connectivity index (χ1v) is 7.54. The van der Waals surface area contributed by atoms with Crippen molar-refractivity contribution in [1.29, 1.82) is 0 Å². The molecular weight excluding hydrogens is 276 g/mol. The van der Waals surface area contributed by atoms with Crippen molar-refractivity contribution in [2.75, 3.05) is 6.61 Å². The summed E-state index contributed by atoms with van der Waals surface area (Å²) >= 11 is 0. The lowest BCUT2D eigenvalue weighted by molar-refractivity contribution is 0.119. The van der Waals surface area contributed by atoms with Gasteiger partial charge >= 0.3 is 0 Å². The summed E-state index contributed by atoms with van der Waals surface area (Å²) in [5.41, 5.74) is 3.30. The molecule has 3 rings (SSSR count). The van der Waals surface area contributed by atoms with Gasteiger partial charge in [0, 0.05) is 12.0 Å². The van der Waals surface area contributed by atoms with Gasteiger partial charge in [0.05, 0.1) is 0 Å². The van der Waals surface area contributed by atoms with Crippen molar-refractivity contribution in [3.05, 3.63) is 65.4 Å². The molecule has 0 N–H and O–H groups in total. The van der Waals surface area contributed by atoms with Crippen LogP contribution in [0, 0.1) is 6.92 Å². The fourth-order valence-corrected chi connectivity index (χ4v) is 2.37. The van der Waals surface area contributed by atoms with Crippen molar-refractivity contribution in [1.82, 2.24) is 0 Å². The summed E-state index contributed by atoms with van der Waals surface area (Å²) in [7, 11) is 0. The van der Waals surface area contributed by atoms with E-state index in [0.717, 1.165) is 22.5 Å². The fraction of sp³-hybridized carbons (Fsp3) is 0.263. The molecule has 0 fully saturated rings. The van der Waals surface area contributed by atoms with E-state index < -0.39 is 0 Å². The number of hydrogen-bond acceptors (Lipinski definition) is 3. The number of ether oxygens (including phenoxy) is 2. The van der Waals surface area contributed by atoms with E-state index in [-0.39, 0.29) is 0 Å². The molecular formula is C19H20O3. The van der Waals surface area contributed by atoms with Gasteiger partial charge in [0.25, 0.3) is 0 Å². The van der Waals surface area contributed by atoms with Crippen molar-refractivity contribution >= 4 is 11.0 Å². The molecule has 3 heteroatoms. The van der Waals surface area contributed by atoms with Gasteiger partial charge in [-0.2, -0.15) is 0 Å². The van der Waals surface area contributed by atoms with Crippen LogP contribution in [0.5, 0.6) is 5.75 Å². The van der Waals surface area contributed by atoms with Crippen LogP contribution in [0.4, 0.5) is 0 Å². The molecule has 1 aromatic heterocycles. The van der Waals surface area contributed by atoms with Gasteiger partial charge in [0.2, 0.25) is 0 Å². The van der Waals surface area contributed by atoms with Crippen LogP contribution in [0.2, 0.25) is 0 Å². The predicted octanol–water partition coefficient (Wildman–Crippen LogP) is 4.86. The third kappa shape index (κ3) is 3.31. The lowest BCUT2D eigenvalue weighted by Crippen LogP contribution is -1.97. The molecule has 114 valence electrons. The molecule has 3 nitrogen and oxygen atoms in total. The molecule has 22 heavy (non-hydrogen) atoms. The monoisotopic (exact) mass is 296 g/mol. The van der Waals surface area contributed by atoms with Crippen LogP contribution < -0.4 is 4.74 Å². The lowest BCUT2D eigenvalue weighted by atomic mass is 10.1. The van der Waals surface area contributed by atoms with E-state index in [0.29, 0.717) is 19.8 Å². The second kappa shape index (κ2) is 6.67. The van der Waals surface area contributed by atoms with Crippen molar-refractivity contribution < 1.29 is 13.9 Å². The molecule has 0 saturated carbocycles. The smallest absolute Gasteiger partial charge is 0.134 e. The van der Waals surface area contributed by atoms with Crippen LogP contribution in [0.15, 0.2) is 52.9 Å². The fourth-order valence-electron chi connectivity index (χ4n) is 2.37. The van der Waals surface area contributed by atoms with E-state index in [4.69, 9.17) is 13.9 Å². The minimum atomic E-state index is 0.505. The van der Waals surface area contributed by atoms with Crippen molar-refractivity contribution in [3.8, 4) is 5.75 Å². The molecule has 0 aliphatic carbocycles. The molecule has 0 unspecified atom stereocenters. The third-order valence-electron chi connectivity index (χ3n) is 3.64. The Morgan fingerprint density at radius 3 is 2.68 bits per heavy atom. The first kappa shape index (κ1) is 14.7. The molecule has 0 amide bonds. The zero-order chi connectivity index (χ0) is 15.4.